The zero-order valence-electron chi connectivity index (χ0n) is 11.7. The first-order valence-electron chi connectivity index (χ1n) is 6.87. The second-order valence-electron chi connectivity index (χ2n) is 5.33. The van der Waals surface area contributed by atoms with Gasteiger partial charge in [0.2, 0.25) is 0 Å². The largest absolute Gasteiger partial charge is 0.480 e. The quantitative estimate of drug-likeness (QED) is 0.860. The van der Waals surface area contributed by atoms with Crippen LogP contribution in [0.5, 0.6) is 0 Å². The third kappa shape index (κ3) is 2.61. The number of halogens is 2. The van der Waals surface area contributed by atoms with Crippen LogP contribution in [-0.4, -0.2) is 28.1 Å². The monoisotopic (exact) mass is 359 g/mol. The molecule has 1 aliphatic heterocycles. The minimum Gasteiger partial charge on any atom is -0.480 e. The minimum atomic E-state index is -0.754. The zero-order chi connectivity index (χ0) is 14.9. The number of carboxylic acids is 1. The third-order valence-electron chi connectivity index (χ3n) is 4.40. The van der Waals surface area contributed by atoms with Crippen LogP contribution in [0.4, 0.5) is 0 Å². The lowest BCUT2D eigenvalue weighted by atomic mass is 9.91. The van der Waals surface area contributed by atoms with Gasteiger partial charge < -0.3 is 5.11 Å². The Morgan fingerprint density at radius 3 is 2.85 bits per heavy atom. The molecule has 20 heavy (non-hydrogen) atoms. The fraction of sp³-hybridized carbons (Fsp3) is 0.533. The minimum absolute atomic E-state index is 0.00542. The van der Waals surface area contributed by atoms with Crippen LogP contribution < -0.4 is 0 Å². The molecule has 0 aliphatic carbocycles. The first-order valence-corrected chi connectivity index (χ1v) is 8.04. The average Bonchev–Trinajstić information content (AvgIpc) is 2.83. The number of benzene rings is 1. The summed E-state index contributed by atoms with van der Waals surface area (Å²) < 4.78 is 0.930. The van der Waals surface area contributed by atoms with Gasteiger partial charge in [-0.1, -0.05) is 40.5 Å². The maximum atomic E-state index is 11.8. The number of aliphatic carboxylic acids is 1. The lowest BCUT2D eigenvalue weighted by molar-refractivity contribution is -0.151. The van der Waals surface area contributed by atoms with Crippen LogP contribution >= 0.6 is 27.5 Å². The summed E-state index contributed by atoms with van der Waals surface area (Å²) in [7, 11) is 0. The summed E-state index contributed by atoms with van der Waals surface area (Å²) in [5, 5.41) is 10.3. The van der Waals surface area contributed by atoms with E-state index in [-0.39, 0.29) is 6.04 Å². The number of hydrogen-bond donors (Lipinski definition) is 1. The van der Waals surface area contributed by atoms with E-state index in [2.05, 4.69) is 20.8 Å². The second kappa shape index (κ2) is 6.04. The van der Waals surface area contributed by atoms with Crippen LogP contribution in [0.3, 0.4) is 0 Å². The summed E-state index contributed by atoms with van der Waals surface area (Å²) in [6, 6.07) is 5.77. The van der Waals surface area contributed by atoms with Gasteiger partial charge in [0.05, 0.1) is 0 Å². The summed E-state index contributed by atoms with van der Waals surface area (Å²) in [5.41, 5.74) is 0.228. The molecule has 3 nitrogen and oxygen atoms in total. The summed E-state index contributed by atoms with van der Waals surface area (Å²) in [6.45, 7) is 4.78. The number of carboxylic acid groups (broad SMARTS) is 1. The van der Waals surface area contributed by atoms with Crippen LogP contribution in [0.15, 0.2) is 22.7 Å². The predicted molar refractivity (Wildman–Crippen MR) is 84.2 cm³/mol. The van der Waals surface area contributed by atoms with E-state index >= 15 is 0 Å². The average molecular weight is 361 g/mol. The highest BCUT2D eigenvalue weighted by Crippen LogP contribution is 2.41. The summed E-state index contributed by atoms with van der Waals surface area (Å²) >= 11 is 9.71. The van der Waals surface area contributed by atoms with Crippen LogP contribution in [0.25, 0.3) is 0 Å². The van der Waals surface area contributed by atoms with Crippen molar-refractivity contribution in [3.05, 3.63) is 33.3 Å². The van der Waals surface area contributed by atoms with Crippen molar-refractivity contribution in [2.75, 3.05) is 6.54 Å². The Bertz CT molecular complexity index is 523. The molecule has 0 amide bonds. The molecule has 5 heteroatoms. The van der Waals surface area contributed by atoms with Crippen molar-refractivity contribution in [1.29, 1.82) is 0 Å². The molecule has 0 radical (unpaired) electrons. The van der Waals surface area contributed by atoms with Gasteiger partial charge in [-0.05, 0) is 50.4 Å². The third-order valence-corrected chi connectivity index (χ3v) is 5.22. The molecule has 1 aliphatic rings. The first-order chi connectivity index (χ1) is 9.42. The van der Waals surface area contributed by atoms with Crippen LogP contribution in [-0.2, 0) is 4.79 Å². The fourth-order valence-electron chi connectivity index (χ4n) is 3.23. The number of carbonyl (C=O) groups is 1. The predicted octanol–water partition coefficient (Wildman–Crippen LogP) is 4.49. The molecule has 1 fully saturated rings. The van der Waals surface area contributed by atoms with Crippen LogP contribution in [0, 0.1) is 0 Å². The van der Waals surface area contributed by atoms with Crippen molar-refractivity contribution in [3.8, 4) is 0 Å². The van der Waals surface area contributed by atoms with E-state index in [4.69, 9.17) is 11.6 Å². The number of hydrogen-bond acceptors (Lipinski definition) is 2. The molecule has 0 aromatic heterocycles. The molecule has 1 saturated heterocycles. The van der Waals surface area contributed by atoms with E-state index < -0.39 is 11.5 Å². The van der Waals surface area contributed by atoms with Crippen molar-refractivity contribution in [3.63, 3.8) is 0 Å². The van der Waals surface area contributed by atoms with Crippen LogP contribution in [0.1, 0.15) is 44.7 Å². The van der Waals surface area contributed by atoms with Crippen molar-refractivity contribution >= 4 is 33.5 Å². The standard InChI is InChI=1S/C15H19BrClNO2/c1-3-15(14(19)20)7-4-8-18(15)10(2)12-6-5-11(16)9-13(12)17/h5-6,9-10H,3-4,7-8H2,1-2H3,(H,19,20). The van der Waals surface area contributed by atoms with Crippen molar-refractivity contribution < 1.29 is 9.90 Å². The number of nitrogens with zero attached hydrogens (tertiary/aromatic N) is 1. The Labute approximate surface area is 133 Å². The van der Waals surface area contributed by atoms with Crippen LogP contribution in [0.2, 0.25) is 5.02 Å². The molecular weight excluding hydrogens is 342 g/mol. The molecule has 0 bridgehead atoms. The maximum Gasteiger partial charge on any atom is 0.324 e. The van der Waals surface area contributed by atoms with Crippen molar-refractivity contribution in [2.45, 2.75) is 44.7 Å². The van der Waals surface area contributed by atoms with Gasteiger partial charge in [0, 0.05) is 15.5 Å². The Morgan fingerprint density at radius 2 is 2.30 bits per heavy atom. The molecule has 2 rings (SSSR count). The van der Waals surface area contributed by atoms with E-state index in [0.29, 0.717) is 17.9 Å². The van der Waals surface area contributed by atoms with Gasteiger partial charge in [0.1, 0.15) is 5.54 Å². The van der Waals surface area contributed by atoms with Crippen molar-refractivity contribution in [1.82, 2.24) is 4.90 Å². The van der Waals surface area contributed by atoms with E-state index in [1.165, 1.54) is 0 Å². The topological polar surface area (TPSA) is 40.5 Å². The van der Waals surface area contributed by atoms with E-state index in [1.807, 2.05) is 32.0 Å². The van der Waals surface area contributed by atoms with E-state index in [1.54, 1.807) is 0 Å². The van der Waals surface area contributed by atoms with Gasteiger partial charge >= 0.3 is 5.97 Å². The van der Waals surface area contributed by atoms with E-state index in [9.17, 15) is 9.90 Å². The lowest BCUT2D eigenvalue weighted by Crippen LogP contribution is -2.50. The Morgan fingerprint density at radius 1 is 1.60 bits per heavy atom. The molecule has 2 unspecified atom stereocenters. The molecule has 0 saturated carbocycles. The highest BCUT2D eigenvalue weighted by Gasteiger charge is 2.48. The fourth-order valence-corrected chi connectivity index (χ4v) is 4.06. The summed E-state index contributed by atoms with van der Waals surface area (Å²) in [4.78, 5) is 13.8. The SMILES string of the molecule is CCC1(C(=O)O)CCCN1C(C)c1ccc(Br)cc1Cl. The molecule has 0 spiro atoms. The van der Waals surface area contributed by atoms with E-state index in [0.717, 1.165) is 23.0 Å². The Kier molecular flexibility index (Phi) is 4.77. The summed E-state index contributed by atoms with van der Waals surface area (Å²) in [6.07, 6.45) is 2.23. The zero-order valence-corrected chi connectivity index (χ0v) is 14.0. The molecule has 1 aromatic rings. The lowest BCUT2D eigenvalue weighted by Gasteiger charge is -2.38. The van der Waals surface area contributed by atoms with Gasteiger partial charge in [-0.25, -0.2) is 0 Å². The first kappa shape index (κ1) is 15.8. The molecule has 1 N–H and O–H groups in total. The molecule has 110 valence electrons. The highest BCUT2D eigenvalue weighted by molar-refractivity contribution is 9.10. The molecular formula is C15H19BrClNO2. The molecule has 1 aromatic carbocycles. The van der Waals surface area contributed by atoms with Gasteiger partial charge in [-0.3, -0.25) is 9.69 Å². The summed E-state index contributed by atoms with van der Waals surface area (Å²) in [5.74, 6) is -0.724. The second-order valence-corrected chi connectivity index (χ2v) is 6.65. The smallest absolute Gasteiger partial charge is 0.324 e. The van der Waals surface area contributed by atoms with Gasteiger partial charge in [-0.2, -0.15) is 0 Å². The molecule has 2 atom stereocenters. The number of likely N-dealkylation sites (tertiary alicyclic amines) is 1. The van der Waals surface area contributed by atoms with Gasteiger partial charge in [-0.15, -0.1) is 0 Å². The highest BCUT2D eigenvalue weighted by atomic mass is 79.9. The van der Waals surface area contributed by atoms with Gasteiger partial charge in [0.25, 0.3) is 0 Å². The Balaban J connectivity index is 2.36. The maximum absolute atomic E-state index is 11.8. The Hall–Kier alpha value is -0.580. The van der Waals surface area contributed by atoms with Crippen molar-refractivity contribution in [2.24, 2.45) is 0 Å². The molecule has 1 heterocycles. The normalized spacial score (nSPS) is 24.8. The van der Waals surface area contributed by atoms with Gasteiger partial charge in [0.15, 0.2) is 0 Å². The number of rotatable bonds is 4.